The molecule has 4 rings (SSSR count). The average molecular weight is 372 g/mol. The van der Waals surface area contributed by atoms with E-state index in [0.29, 0.717) is 21.5 Å². The zero-order chi connectivity index (χ0) is 19.8. The lowest BCUT2D eigenvalue weighted by Gasteiger charge is -2.08. The first-order valence-corrected chi connectivity index (χ1v) is 8.36. The van der Waals surface area contributed by atoms with Crippen molar-refractivity contribution in [2.24, 2.45) is 0 Å². The van der Waals surface area contributed by atoms with Gasteiger partial charge in [-0.2, -0.15) is 0 Å². The molecule has 0 saturated carbocycles. The summed E-state index contributed by atoms with van der Waals surface area (Å²) in [5, 5.41) is 25.3. The number of ketones is 1. The molecule has 0 heterocycles. The summed E-state index contributed by atoms with van der Waals surface area (Å²) in [6.07, 6.45) is 0. The Hall–Kier alpha value is -4.13. The van der Waals surface area contributed by atoms with Gasteiger partial charge >= 0.3 is 0 Å². The van der Waals surface area contributed by atoms with Gasteiger partial charge in [0.25, 0.3) is 11.4 Å². The first-order chi connectivity index (χ1) is 13.5. The molecule has 7 nitrogen and oxygen atoms in total. The second-order valence-electron chi connectivity index (χ2n) is 6.21. The highest BCUT2D eigenvalue weighted by Gasteiger charge is 2.30. The summed E-state index contributed by atoms with van der Waals surface area (Å²) in [5.41, 5.74) is -1.07. The molecule has 0 radical (unpaired) electrons. The van der Waals surface area contributed by atoms with Crippen LogP contribution in [0.5, 0.6) is 0 Å². The first-order valence-electron chi connectivity index (χ1n) is 8.36. The smallest absolute Gasteiger partial charge is 0.288 e. The standard InChI is InChI=1S/C21H12N2O5/c24-21(17-11-9-13-5-1-3-7-15(13)19(17)22(25)26)18-12-10-14-6-2-4-8-16(14)20(18)23(27)28/h1-12H. The van der Waals surface area contributed by atoms with Gasteiger partial charge in [-0.1, -0.05) is 48.5 Å². The third kappa shape index (κ3) is 2.66. The fourth-order valence-electron chi connectivity index (χ4n) is 3.42. The molecule has 4 aromatic rings. The highest BCUT2D eigenvalue weighted by molar-refractivity contribution is 6.19. The number of hydrogen-bond acceptors (Lipinski definition) is 5. The molecule has 4 aromatic carbocycles. The van der Waals surface area contributed by atoms with Crippen LogP contribution < -0.4 is 0 Å². The maximum absolute atomic E-state index is 13.2. The van der Waals surface area contributed by atoms with Crippen LogP contribution in [0.4, 0.5) is 11.4 Å². The van der Waals surface area contributed by atoms with E-state index in [9.17, 15) is 25.0 Å². The van der Waals surface area contributed by atoms with Crippen molar-refractivity contribution in [3.63, 3.8) is 0 Å². The van der Waals surface area contributed by atoms with Gasteiger partial charge in [0, 0.05) is 0 Å². The summed E-state index contributed by atoms with van der Waals surface area (Å²) in [6, 6.07) is 19.2. The normalized spacial score (nSPS) is 10.9. The second kappa shape index (κ2) is 6.55. The van der Waals surface area contributed by atoms with Crippen LogP contribution in [0.25, 0.3) is 21.5 Å². The Balaban J connectivity index is 2.01. The van der Waals surface area contributed by atoms with Gasteiger partial charge in [-0.05, 0) is 35.0 Å². The summed E-state index contributed by atoms with van der Waals surface area (Å²) < 4.78 is 0. The minimum atomic E-state index is -0.755. The number of hydrogen-bond donors (Lipinski definition) is 0. The minimum absolute atomic E-state index is 0.179. The fraction of sp³-hybridized carbons (Fsp3) is 0. The number of fused-ring (bicyclic) bond motifs is 2. The number of rotatable bonds is 4. The molecule has 0 bridgehead atoms. The molecule has 0 unspecified atom stereocenters. The molecule has 0 aromatic heterocycles. The van der Waals surface area contributed by atoms with Gasteiger partial charge in [0.1, 0.15) is 11.1 Å². The molecule has 7 heteroatoms. The zero-order valence-electron chi connectivity index (χ0n) is 14.4. The second-order valence-corrected chi connectivity index (χ2v) is 6.21. The van der Waals surface area contributed by atoms with Crippen LogP contribution in [-0.4, -0.2) is 15.6 Å². The van der Waals surface area contributed by atoms with Crippen LogP contribution in [0.2, 0.25) is 0 Å². The van der Waals surface area contributed by atoms with Crippen molar-refractivity contribution in [2.75, 3.05) is 0 Å². The van der Waals surface area contributed by atoms with Crippen LogP contribution in [-0.2, 0) is 0 Å². The number of carbonyl (C=O) groups is 1. The predicted octanol–water partition coefficient (Wildman–Crippen LogP) is 5.04. The molecule has 136 valence electrons. The van der Waals surface area contributed by atoms with Crippen molar-refractivity contribution >= 4 is 38.7 Å². The van der Waals surface area contributed by atoms with E-state index in [1.807, 2.05) is 0 Å². The Bertz CT molecular complexity index is 1200. The van der Waals surface area contributed by atoms with Crippen molar-refractivity contribution in [2.45, 2.75) is 0 Å². The molecule has 0 fully saturated rings. The van der Waals surface area contributed by atoms with Crippen LogP contribution >= 0.6 is 0 Å². The van der Waals surface area contributed by atoms with Gasteiger partial charge < -0.3 is 0 Å². The van der Waals surface area contributed by atoms with E-state index in [1.54, 1.807) is 60.7 Å². The molecule has 0 aliphatic rings. The summed E-state index contributed by atoms with van der Waals surface area (Å²) in [6.45, 7) is 0. The lowest BCUT2D eigenvalue weighted by atomic mass is 9.94. The van der Waals surface area contributed by atoms with Gasteiger partial charge in [0.2, 0.25) is 5.78 Å². The molecule has 0 aliphatic heterocycles. The van der Waals surface area contributed by atoms with Crippen LogP contribution in [0, 0.1) is 20.2 Å². The molecule has 28 heavy (non-hydrogen) atoms. The van der Waals surface area contributed by atoms with Crippen molar-refractivity contribution in [1.29, 1.82) is 0 Å². The highest BCUT2D eigenvalue weighted by Crippen LogP contribution is 2.35. The molecule has 0 amide bonds. The highest BCUT2D eigenvalue weighted by atomic mass is 16.6. The SMILES string of the molecule is O=C(c1ccc2ccccc2c1[N+](=O)[O-])c1ccc2ccccc2c1[N+](=O)[O-]. The van der Waals surface area contributed by atoms with Crippen molar-refractivity contribution in [1.82, 2.24) is 0 Å². The number of nitro benzene ring substituents is 2. The number of nitrogens with zero attached hydrogens (tertiary/aromatic N) is 2. The van der Waals surface area contributed by atoms with Crippen LogP contribution in [0.1, 0.15) is 15.9 Å². The molecular formula is C21H12N2O5. The fourth-order valence-corrected chi connectivity index (χ4v) is 3.42. The Labute approximate surface area is 158 Å². The van der Waals surface area contributed by atoms with Crippen molar-refractivity contribution in [3.8, 4) is 0 Å². The molecule has 0 saturated heterocycles. The quantitative estimate of drug-likeness (QED) is 0.283. The Morgan fingerprint density at radius 3 is 1.39 bits per heavy atom. The van der Waals surface area contributed by atoms with Gasteiger partial charge in [-0.25, -0.2) is 0 Å². The average Bonchev–Trinajstić information content (AvgIpc) is 2.71. The number of benzene rings is 4. The summed E-state index contributed by atoms with van der Waals surface area (Å²) in [5.74, 6) is -0.755. The summed E-state index contributed by atoms with van der Waals surface area (Å²) in [7, 11) is 0. The zero-order valence-corrected chi connectivity index (χ0v) is 14.4. The molecule has 0 N–H and O–H groups in total. The maximum Gasteiger partial charge on any atom is 0.288 e. The third-order valence-corrected chi connectivity index (χ3v) is 4.66. The molecule has 0 atom stereocenters. The van der Waals surface area contributed by atoms with Crippen molar-refractivity contribution in [3.05, 3.63) is 104 Å². The predicted molar refractivity (Wildman–Crippen MR) is 105 cm³/mol. The van der Waals surface area contributed by atoms with Gasteiger partial charge in [-0.15, -0.1) is 0 Å². The Morgan fingerprint density at radius 1 is 0.607 bits per heavy atom. The Morgan fingerprint density at radius 2 is 1.00 bits per heavy atom. The maximum atomic E-state index is 13.2. The van der Waals surface area contributed by atoms with E-state index in [-0.39, 0.29) is 22.5 Å². The number of carbonyl (C=O) groups excluding carboxylic acids is 1. The third-order valence-electron chi connectivity index (χ3n) is 4.66. The largest absolute Gasteiger partial charge is 0.288 e. The van der Waals surface area contributed by atoms with E-state index in [2.05, 4.69) is 0 Å². The summed E-state index contributed by atoms with van der Waals surface area (Å²) in [4.78, 5) is 35.4. The lowest BCUT2D eigenvalue weighted by molar-refractivity contribution is -0.383. The van der Waals surface area contributed by atoms with Crippen LogP contribution in [0.3, 0.4) is 0 Å². The summed E-state index contributed by atoms with van der Waals surface area (Å²) >= 11 is 0. The van der Waals surface area contributed by atoms with E-state index in [1.165, 1.54) is 12.1 Å². The Kier molecular flexibility index (Phi) is 4.04. The van der Waals surface area contributed by atoms with Crippen LogP contribution in [0.15, 0.2) is 72.8 Å². The van der Waals surface area contributed by atoms with E-state index < -0.39 is 15.6 Å². The number of nitro groups is 2. The van der Waals surface area contributed by atoms with Gasteiger partial charge in [-0.3, -0.25) is 25.0 Å². The lowest BCUT2D eigenvalue weighted by Crippen LogP contribution is -2.09. The van der Waals surface area contributed by atoms with E-state index in [4.69, 9.17) is 0 Å². The monoisotopic (exact) mass is 372 g/mol. The minimum Gasteiger partial charge on any atom is -0.288 e. The van der Waals surface area contributed by atoms with Gasteiger partial charge in [0.15, 0.2) is 0 Å². The molecule has 0 aliphatic carbocycles. The van der Waals surface area contributed by atoms with E-state index in [0.717, 1.165) is 0 Å². The van der Waals surface area contributed by atoms with Gasteiger partial charge in [0.05, 0.1) is 20.6 Å². The molecule has 0 spiro atoms. The van der Waals surface area contributed by atoms with E-state index >= 15 is 0 Å². The first kappa shape index (κ1) is 17.3. The molecular weight excluding hydrogens is 360 g/mol. The topological polar surface area (TPSA) is 103 Å². The van der Waals surface area contributed by atoms with Crippen molar-refractivity contribution < 1.29 is 14.6 Å².